The van der Waals surface area contributed by atoms with Crippen LogP contribution in [0.25, 0.3) is 11.4 Å². The summed E-state index contributed by atoms with van der Waals surface area (Å²) in [6, 6.07) is 10.1. The van der Waals surface area contributed by atoms with Crippen LogP contribution in [-0.4, -0.2) is 27.2 Å². The molecule has 0 spiro atoms. The van der Waals surface area contributed by atoms with E-state index in [1.165, 1.54) is 0 Å². The Bertz CT molecular complexity index is 599. The molecule has 0 fully saturated rings. The van der Waals surface area contributed by atoms with Crippen LogP contribution >= 0.6 is 11.8 Å². The molecule has 0 unspecified atom stereocenters. The van der Waals surface area contributed by atoms with Crippen LogP contribution in [0.4, 0.5) is 0 Å². The smallest absolute Gasteiger partial charge is 0.195 e. The molecular weight excluding hydrogens is 256 g/mol. The van der Waals surface area contributed by atoms with Crippen molar-refractivity contribution in [3.05, 3.63) is 42.2 Å². The molecule has 2 aromatic rings. The first-order valence-corrected chi connectivity index (χ1v) is 7.24. The predicted octanol–water partition coefficient (Wildman–Crippen LogP) is 3.44. The minimum atomic E-state index is 0.760. The van der Waals surface area contributed by atoms with Crippen molar-refractivity contribution in [2.75, 3.05) is 6.26 Å². The van der Waals surface area contributed by atoms with Gasteiger partial charge in [-0.2, -0.15) is 0 Å². The number of allylic oxidation sites excluding steroid dienone is 1. The van der Waals surface area contributed by atoms with E-state index in [1.54, 1.807) is 18.0 Å². The number of aliphatic imine (C=N–C) groups is 1. The van der Waals surface area contributed by atoms with Crippen LogP contribution in [0.2, 0.25) is 0 Å². The van der Waals surface area contributed by atoms with Crippen molar-refractivity contribution in [1.29, 1.82) is 0 Å². The SMILES string of the molecule is CC=N/C(=C\C)c1nnc(SC)n1-c1ccccc1. The Labute approximate surface area is 117 Å². The number of nitrogens with zero attached hydrogens (tertiary/aromatic N) is 4. The van der Waals surface area contributed by atoms with Crippen LogP contribution in [-0.2, 0) is 0 Å². The molecule has 0 aliphatic heterocycles. The van der Waals surface area contributed by atoms with Gasteiger partial charge in [-0.25, -0.2) is 0 Å². The summed E-state index contributed by atoms with van der Waals surface area (Å²) in [5.41, 5.74) is 1.86. The summed E-state index contributed by atoms with van der Waals surface area (Å²) in [5.74, 6) is 0.760. The molecule has 0 aliphatic rings. The number of para-hydroxylation sites is 1. The lowest BCUT2D eigenvalue weighted by atomic mass is 10.3. The molecule has 0 atom stereocenters. The molecule has 1 aromatic carbocycles. The average molecular weight is 272 g/mol. The molecule has 0 N–H and O–H groups in total. The van der Waals surface area contributed by atoms with E-state index in [1.807, 2.05) is 61.1 Å². The molecule has 0 bridgehead atoms. The van der Waals surface area contributed by atoms with Crippen LogP contribution in [0.1, 0.15) is 19.7 Å². The van der Waals surface area contributed by atoms with Crippen LogP contribution in [0.5, 0.6) is 0 Å². The Kier molecular flexibility index (Phi) is 4.52. The maximum Gasteiger partial charge on any atom is 0.195 e. The second kappa shape index (κ2) is 6.33. The topological polar surface area (TPSA) is 43.1 Å². The minimum absolute atomic E-state index is 0.760. The Morgan fingerprint density at radius 3 is 2.53 bits per heavy atom. The van der Waals surface area contributed by atoms with Crippen molar-refractivity contribution in [3.8, 4) is 5.69 Å². The van der Waals surface area contributed by atoms with Crippen molar-refractivity contribution in [3.63, 3.8) is 0 Å². The van der Waals surface area contributed by atoms with Gasteiger partial charge < -0.3 is 0 Å². The third-order valence-corrected chi connectivity index (χ3v) is 3.23. The molecule has 0 amide bonds. The van der Waals surface area contributed by atoms with E-state index in [4.69, 9.17) is 0 Å². The Hall–Kier alpha value is -1.88. The first-order chi connectivity index (χ1) is 9.31. The van der Waals surface area contributed by atoms with E-state index >= 15 is 0 Å². The molecule has 19 heavy (non-hydrogen) atoms. The minimum Gasteiger partial charge on any atom is -0.269 e. The zero-order chi connectivity index (χ0) is 13.7. The summed E-state index contributed by atoms with van der Waals surface area (Å²) in [4.78, 5) is 4.35. The molecule has 98 valence electrons. The van der Waals surface area contributed by atoms with Crippen molar-refractivity contribution in [2.45, 2.75) is 19.0 Å². The fourth-order valence-electron chi connectivity index (χ4n) is 1.78. The highest BCUT2D eigenvalue weighted by atomic mass is 32.2. The molecule has 0 aliphatic carbocycles. The summed E-state index contributed by atoms with van der Waals surface area (Å²) >= 11 is 1.57. The van der Waals surface area contributed by atoms with Crippen LogP contribution in [0, 0.1) is 0 Å². The van der Waals surface area contributed by atoms with Crippen LogP contribution in [0.15, 0.2) is 46.6 Å². The summed E-state index contributed by atoms with van der Waals surface area (Å²) in [6.07, 6.45) is 5.69. The van der Waals surface area contributed by atoms with Gasteiger partial charge in [0.2, 0.25) is 0 Å². The Morgan fingerprint density at radius 2 is 1.95 bits per heavy atom. The first-order valence-electron chi connectivity index (χ1n) is 6.02. The number of benzene rings is 1. The number of hydrogen-bond donors (Lipinski definition) is 0. The highest BCUT2D eigenvalue weighted by Crippen LogP contribution is 2.24. The van der Waals surface area contributed by atoms with E-state index in [-0.39, 0.29) is 0 Å². The zero-order valence-electron chi connectivity index (χ0n) is 11.2. The van der Waals surface area contributed by atoms with Gasteiger partial charge in [0.05, 0.1) is 0 Å². The molecule has 0 saturated heterocycles. The number of aromatic nitrogens is 3. The van der Waals surface area contributed by atoms with E-state index in [2.05, 4.69) is 15.2 Å². The lowest BCUT2D eigenvalue weighted by molar-refractivity contribution is 0.880. The highest BCUT2D eigenvalue weighted by molar-refractivity contribution is 7.98. The van der Waals surface area contributed by atoms with Gasteiger partial charge in [0, 0.05) is 11.9 Å². The third kappa shape index (κ3) is 2.76. The summed E-state index contributed by atoms with van der Waals surface area (Å²) in [6.45, 7) is 3.84. The fourth-order valence-corrected chi connectivity index (χ4v) is 2.28. The van der Waals surface area contributed by atoms with Crippen molar-refractivity contribution < 1.29 is 0 Å². The second-order valence-electron chi connectivity index (χ2n) is 3.74. The van der Waals surface area contributed by atoms with E-state index in [0.717, 1.165) is 22.4 Å². The van der Waals surface area contributed by atoms with Crippen LogP contribution < -0.4 is 0 Å². The highest BCUT2D eigenvalue weighted by Gasteiger charge is 2.15. The lowest BCUT2D eigenvalue weighted by Crippen LogP contribution is -2.01. The van der Waals surface area contributed by atoms with E-state index < -0.39 is 0 Å². The number of rotatable bonds is 4. The second-order valence-corrected chi connectivity index (χ2v) is 4.52. The monoisotopic (exact) mass is 272 g/mol. The van der Waals surface area contributed by atoms with Gasteiger partial charge in [0.15, 0.2) is 11.0 Å². The molecule has 4 nitrogen and oxygen atoms in total. The summed E-state index contributed by atoms with van der Waals surface area (Å²) in [7, 11) is 0. The lowest BCUT2D eigenvalue weighted by Gasteiger charge is -2.09. The van der Waals surface area contributed by atoms with Gasteiger partial charge in [0.1, 0.15) is 5.70 Å². The largest absolute Gasteiger partial charge is 0.269 e. The van der Waals surface area contributed by atoms with E-state index in [9.17, 15) is 0 Å². The maximum absolute atomic E-state index is 4.35. The summed E-state index contributed by atoms with van der Waals surface area (Å²) in [5, 5.41) is 9.34. The van der Waals surface area contributed by atoms with Gasteiger partial charge in [0.25, 0.3) is 0 Å². The number of thioether (sulfide) groups is 1. The molecule has 0 saturated carbocycles. The quantitative estimate of drug-likeness (QED) is 0.632. The van der Waals surface area contributed by atoms with Crippen molar-refractivity contribution in [1.82, 2.24) is 14.8 Å². The maximum atomic E-state index is 4.35. The van der Waals surface area contributed by atoms with Gasteiger partial charge in [-0.3, -0.25) is 9.56 Å². The number of hydrogen-bond acceptors (Lipinski definition) is 4. The average Bonchev–Trinajstić information content (AvgIpc) is 2.89. The predicted molar refractivity (Wildman–Crippen MR) is 81.0 cm³/mol. The third-order valence-electron chi connectivity index (χ3n) is 2.60. The molecule has 0 radical (unpaired) electrons. The summed E-state index contributed by atoms with van der Waals surface area (Å²) < 4.78 is 2.02. The Balaban J connectivity index is 2.61. The van der Waals surface area contributed by atoms with Crippen molar-refractivity contribution >= 4 is 23.7 Å². The fraction of sp³-hybridized carbons (Fsp3) is 0.214. The van der Waals surface area contributed by atoms with Gasteiger partial charge in [-0.05, 0) is 32.2 Å². The zero-order valence-corrected chi connectivity index (χ0v) is 12.1. The van der Waals surface area contributed by atoms with Gasteiger partial charge >= 0.3 is 0 Å². The molecule has 1 heterocycles. The molecule has 5 heteroatoms. The molecule has 1 aromatic heterocycles. The Morgan fingerprint density at radius 1 is 1.21 bits per heavy atom. The van der Waals surface area contributed by atoms with Gasteiger partial charge in [-0.1, -0.05) is 36.0 Å². The van der Waals surface area contributed by atoms with Crippen LogP contribution in [0.3, 0.4) is 0 Å². The molecule has 2 rings (SSSR count). The van der Waals surface area contributed by atoms with E-state index in [0.29, 0.717) is 0 Å². The molecular formula is C14H16N4S. The van der Waals surface area contributed by atoms with Gasteiger partial charge in [-0.15, -0.1) is 10.2 Å². The van der Waals surface area contributed by atoms with Crippen molar-refractivity contribution in [2.24, 2.45) is 4.99 Å². The standard InChI is InChI=1S/C14H16N4S/c1-4-12(15-5-2)13-16-17-14(19-3)18(13)11-9-7-6-8-10-11/h4-10H,1-3H3/b12-4-,15-5?. The normalized spacial score (nSPS) is 12.3. The first kappa shape index (κ1) is 13.5.